The zero-order valence-electron chi connectivity index (χ0n) is 15.7. The Morgan fingerprint density at radius 1 is 1.14 bits per heavy atom. The smallest absolute Gasteiger partial charge is 0.238 e. The van der Waals surface area contributed by atoms with Crippen LogP contribution in [0.3, 0.4) is 0 Å². The van der Waals surface area contributed by atoms with Crippen LogP contribution in [-0.4, -0.2) is 42.9 Å². The van der Waals surface area contributed by atoms with E-state index in [9.17, 15) is 9.59 Å². The second-order valence-electron chi connectivity index (χ2n) is 6.96. The van der Waals surface area contributed by atoms with E-state index in [2.05, 4.69) is 16.7 Å². The van der Waals surface area contributed by atoms with Crippen molar-refractivity contribution in [3.8, 4) is 0 Å². The summed E-state index contributed by atoms with van der Waals surface area (Å²) < 4.78 is 0. The first-order chi connectivity index (χ1) is 13.9. The highest BCUT2D eigenvalue weighted by Gasteiger charge is 2.26. The number of piperidine rings is 1. The standard InChI is InChI=1S/C20H22Cl3N3O2S/c21-14-10-16(22)19(17(23)11-14)25-18(27)12-26-7-4-13(5-8-26)20(28)24-6-3-15-2-1-9-29-15/h1-2,9-11,13H,3-8,12H2,(H,24,28)(H,25,27). The summed E-state index contributed by atoms with van der Waals surface area (Å²) in [6.45, 7) is 2.27. The number of halogens is 3. The molecular weight excluding hydrogens is 453 g/mol. The first-order valence-corrected chi connectivity index (χ1v) is 11.4. The SMILES string of the molecule is O=C(CN1CCC(C(=O)NCCc2cccs2)CC1)Nc1c(Cl)cc(Cl)cc1Cl. The van der Waals surface area contributed by atoms with Crippen LogP contribution in [-0.2, 0) is 16.0 Å². The number of nitrogens with zero attached hydrogens (tertiary/aromatic N) is 1. The van der Waals surface area contributed by atoms with E-state index in [-0.39, 0.29) is 24.3 Å². The number of rotatable bonds is 7. The van der Waals surface area contributed by atoms with Crippen molar-refractivity contribution in [1.29, 1.82) is 0 Å². The lowest BCUT2D eigenvalue weighted by Crippen LogP contribution is -2.43. The van der Waals surface area contributed by atoms with E-state index in [1.807, 2.05) is 16.3 Å². The molecule has 0 atom stereocenters. The molecule has 3 rings (SSSR count). The molecular formula is C20H22Cl3N3O2S. The van der Waals surface area contributed by atoms with Crippen molar-refractivity contribution >= 4 is 63.6 Å². The summed E-state index contributed by atoms with van der Waals surface area (Å²) in [5.74, 6) is -0.0989. The van der Waals surface area contributed by atoms with Gasteiger partial charge >= 0.3 is 0 Å². The quantitative estimate of drug-likeness (QED) is 0.610. The lowest BCUT2D eigenvalue weighted by atomic mass is 9.96. The maximum absolute atomic E-state index is 12.4. The van der Waals surface area contributed by atoms with Crippen LogP contribution in [0.2, 0.25) is 15.1 Å². The topological polar surface area (TPSA) is 61.4 Å². The van der Waals surface area contributed by atoms with Crippen molar-refractivity contribution in [1.82, 2.24) is 10.2 Å². The van der Waals surface area contributed by atoms with Gasteiger partial charge in [-0.05, 0) is 55.9 Å². The first kappa shape index (κ1) is 22.4. The average Bonchev–Trinajstić information content (AvgIpc) is 3.18. The van der Waals surface area contributed by atoms with Gasteiger partial charge in [-0.2, -0.15) is 0 Å². The van der Waals surface area contributed by atoms with Gasteiger partial charge in [0.15, 0.2) is 0 Å². The summed E-state index contributed by atoms with van der Waals surface area (Å²) in [6, 6.07) is 7.16. The molecule has 1 saturated heterocycles. The minimum absolute atomic E-state index is 0.00204. The van der Waals surface area contributed by atoms with Gasteiger partial charge < -0.3 is 10.6 Å². The van der Waals surface area contributed by atoms with Crippen LogP contribution in [0, 0.1) is 5.92 Å². The number of carbonyl (C=O) groups excluding carboxylic acids is 2. The molecule has 2 heterocycles. The number of amides is 2. The summed E-state index contributed by atoms with van der Waals surface area (Å²) in [7, 11) is 0. The molecule has 1 aliphatic rings. The monoisotopic (exact) mass is 473 g/mol. The highest BCUT2D eigenvalue weighted by Crippen LogP contribution is 2.33. The van der Waals surface area contributed by atoms with Gasteiger partial charge in [0.05, 0.1) is 22.3 Å². The Morgan fingerprint density at radius 2 is 1.83 bits per heavy atom. The molecule has 0 bridgehead atoms. The van der Waals surface area contributed by atoms with Gasteiger partial charge in [0, 0.05) is 22.4 Å². The third-order valence-electron chi connectivity index (χ3n) is 4.85. The van der Waals surface area contributed by atoms with Crippen molar-refractivity contribution in [2.75, 3.05) is 31.5 Å². The Balaban J connectivity index is 1.40. The summed E-state index contributed by atoms with van der Waals surface area (Å²) in [4.78, 5) is 28.0. The van der Waals surface area contributed by atoms with Crippen LogP contribution in [0.4, 0.5) is 5.69 Å². The molecule has 29 heavy (non-hydrogen) atoms. The highest BCUT2D eigenvalue weighted by atomic mass is 35.5. The molecule has 2 N–H and O–H groups in total. The fourth-order valence-corrected chi connectivity index (χ4v) is 4.93. The first-order valence-electron chi connectivity index (χ1n) is 9.39. The van der Waals surface area contributed by atoms with Gasteiger partial charge in [-0.15, -0.1) is 11.3 Å². The molecule has 2 aromatic rings. The lowest BCUT2D eigenvalue weighted by Gasteiger charge is -2.30. The number of hydrogen-bond acceptors (Lipinski definition) is 4. The third kappa shape index (κ3) is 6.59. The molecule has 1 fully saturated rings. The largest absolute Gasteiger partial charge is 0.355 e. The molecule has 1 aromatic heterocycles. The predicted octanol–water partition coefficient (Wildman–Crippen LogP) is 4.72. The second-order valence-corrected chi connectivity index (χ2v) is 9.25. The van der Waals surface area contributed by atoms with Gasteiger partial charge in [0.25, 0.3) is 0 Å². The molecule has 0 aliphatic carbocycles. The van der Waals surface area contributed by atoms with Crippen LogP contribution >= 0.6 is 46.1 Å². The van der Waals surface area contributed by atoms with Crippen molar-refractivity contribution in [3.05, 3.63) is 49.6 Å². The molecule has 0 radical (unpaired) electrons. The van der Waals surface area contributed by atoms with Crippen molar-refractivity contribution in [2.45, 2.75) is 19.3 Å². The lowest BCUT2D eigenvalue weighted by molar-refractivity contribution is -0.126. The number of thiophene rings is 1. The zero-order chi connectivity index (χ0) is 20.8. The van der Waals surface area contributed by atoms with E-state index in [1.165, 1.54) is 17.0 Å². The molecule has 0 unspecified atom stereocenters. The fraction of sp³-hybridized carbons (Fsp3) is 0.400. The molecule has 1 aliphatic heterocycles. The van der Waals surface area contributed by atoms with E-state index >= 15 is 0 Å². The number of likely N-dealkylation sites (tertiary alicyclic amines) is 1. The minimum Gasteiger partial charge on any atom is -0.355 e. The Morgan fingerprint density at radius 3 is 2.45 bits per heavy atom. The van der Waals surface area contributed by atoms with E-state index in [0.717, 1.165) is 19.3 Å². The van der Waals surface area contributed by atoms with Crippen molar-refractivity contribution < 1.29 is 9.59 Å². The van der Waals surface area contributed by atoms with Crippen LogP contribution in [0.15, 0.2) is 29.6 Å². The number of hydrogen-bond donors (Lipinski definition) is 2. The molecule has 5 nitrogen and oxygen atoms in total. The van der Waals surface area contributed by atoms with Crippen LogP contribution in [0.1, 0.15) is 17.7 Å². The highest BCUT2D eigenvalue weighted by molar-refractivity contribution is 7.09. The van der Waals surface area contributed by atoms with E-state index in [4.69, 9.17) is 34.8 Å². The molecule has 1 aromatic carbocycles. The molecule has 2 amide bonds. The Labute approximate surface area is 189 Å². The van der Waals surface area contributed by atoms with E-state index < -0.39 is 0 Å². The normalized spacial score (nSPS) is 15.3. The van der Waals surface area contributed by atoms with Crippen LogP contribution in [0.25, 0.3) is 0 Å². The van der Waals surface area contributed by atoms with Crippen molar-refractivity contribution in [3.63, 3.8) is 0 Å². The Hall–Kier alpha value is -1.31. The fourth-order valence-electron chi connectivity index (χ4n) is 3.30. The Kier molecular flexibility index (Phi) is 8.21. The van der Waals surface area contributed by atoms with Gasteiger partial charge in [-0.1, -0.05) is 40.9 Å². The predicted molar refractivity (Wildman–Crippen MR) is 120 cm³/mol. The third-order valence-corrected chi connectivity index (χ3v) is 6.60. The minimum atomic E-state index is -0.199. The summed E-state index contributed by atoms with van der Waals surface area (Å²) in [5.41, 5.74) is 0.364. The maximum Gasteiger partial charge on any atom is 0.238 e. The van der Waals surface area contributed by atoms with Gasteiger partial charge in [-0.3, -0.25) is 14.5 Å². The van der Waals surface area contributed by atoms with E-state index in [1.54, 1.807) is 11.3 Å². The molecule has 9 heteroatoms. The second kappa shape index (κ2) is 10.6. The Bertz CT molecular complexity index is 830. The molecule has 0 saturated carbocycles. The number of nitrogens with one attached hydrogen (secondary N) is 2. The van der Waals surface area contributed by atoms with Gasteiger partial charge in [-0.25, -0.2) is 0 Å². The average molecular weight is 475 g/mol. The zero-order valence-corrected chi connectivity index (χ0v) is 18.8. The number of anilines is 1. The van der Waals surface area contributed by atoms with Crippen molar-refractivity contribution in [2.24, 2.45) is 5.92 Å². The van der Waals surface area contributed by atoms with Crippen LogP contribution < -0.4 is 10.6 Å². The molecule has 156 valence electrons. The number of benzene rings is 1. The van der Waals surface area contributed by atoms with Gasteiger partial charge in [0.2, 0.25) is 11.8 Å². The summed E-state index contributed by atoms with van der Waals surface area (Å²) >= 11 is 19.8. The maximum atomic E-state index is 12.4. The number of carbonyl (C=O) groups is 2. The van der Waals surface area contributed by atoms with Crippen LogP contribution in [0.5, 0.6) is 0 Å². The summed E-state index contributed by atoms with van der Waals surface area (Å²) in [6.07, 6.45) is 2.33. The molecule has 0 spiro atoms. The summed E-state index contributed by atoms with van der Waals surface area (Å²) in [5, 5.41) is 8.82. The van der Waals surface area contributed by atoms with E-state index in [0.29, 0.717) is 40.4 Å². The van der Waals surface area contributed by atoms with Gasteiger partial charge in [0.1, 0.15) is 0 Å².